The van der Waals surface area contributed by atoms with Crippen molar-refractivity contribution in [1.29, 1.82) is 0 Å². The number of aliphatic hydroxyl groups is 1. The molecule has 1 N–H and O–H groups in total. The number of carbonyl (C=O) groups excluding carboxylic acids is 2. The topological polar surface area (TPSA) is 64.1 Å². The van der Waals surface area contributed by atoms with Crippen molar-refractivity contribution in [2.75, 3.05) is 44.7 Å². The first kappa shape index (κ1) is 24.2. The molecule has 3 aromatic carbocycles. The molecule has 2 heterocycles. The predicted octanol–water partition coefficient (Wildman–Crippen LogP) is 4.17. The van der Waals surface area contributed by atoms with E-state index in [9.17, 15) is 14.7 Å². The number of hydrogen-bond donors (Lipinski definition) is 1. The van der Waals surface area contributed by atoms with Crippen molar-refractivity contribution in [2.45, 2.75) is 25.9 Å². The molecule has 6 heteroatoms. The van der Waals surface area contributed by atoms with Gasteiger partial charge in [0.05, 0.1) is 16.7 Å². The average molecular weight is 484 g/mol. The molecule has 2 aliphatic rings. The third-order valence-electron chi connectivity index (χ3n) is 7.34. The third kappa shape index (κ3) is 4.66. The van der Waals surface area contributed by atoms with Gasteiger partial charge in [0, 0.05) is 38.4 Å². The van der Waals surface area contributed by atoms with Crippen LogP contribution in [0.3, 0.4) is 0 Å². The zero-order chi connectivity index (χ0) is 25.4. The Morgan fingerprint density at radius 1 is 0.806 bits per heavy atom. The van der Waals surface area contributed by atoms with E-state index in [0.717, 1.165) is 48.4 Å². The zero-order valence-corrected chi connectivity index (χ0v) is 21.2. The van der Waals surface area contributed by atoms with Gasteiger partial charge in [-0.1, -0.05) is 48.5 Å². The molecule has 0 spiro atoms. The van der Waals surface area contributed by atoms with E-state index >= 15 is 0 Å². The molecular formula is C30H33N3O3. The molecule has 0 saturated carbocycles. The highest BCUT2D eigenvalue weighted by Gasteiger charge is 2.35. The Hall–Kier alpha value is -3.48. The van der Waals surface area contributed by atoms with E-state index in [1.807, 2.05) is 42.5 Å². The van der Waals surface area contributed by atoms with Crippen molar-refractivity contribution in [3.8, 4) is 11.1 Å². The second kappa shape index (κ2) is 9.52. The Morgan fingerprint density at radius 3 is 2.14 bits per heavy atom. The SMILES string of the molecule is CN1CCN(c2ccccc2CCN2C(=O)c3ccc(-c4ccc(C(C)(C)O)cc4)cc3C2=O)CC1. The number of hydrogen-bond acceptors (Lipinski definition) is 5. The van der Waals surface area contributed by atoms with Crippen LogP contribution in [0.15, 0.2) is 66.7 Å². The van der Waals surface area contributed by atoms with Gasteiger partial charge in [-0.05, 0) is 67.8 Å². The maximum Gasteiger partial charge on any atom is 0.261 e. The Balaban J connectivity index is 1.32. The quantitative estimate of drug-likeness (QED) is 0.533. The average Bonchev–Trinajstić information content (AvgIpc) is 3.12. The Labute approximate surface area is 212 Å². The monoisotopic (exact) mass is 483 g/mol. The molecule has 0 aromatic heterocycles. The number of piperazine rings is 1. The number of fused-ring (bicyclic) bond motifs is 1. The maximum absolute atomic E-state index is 13.3. The fourth-order valence-electron chi connectivity index (χ4n) is 5.05. The molecule has 1 saturated heterocycles. The second-order valence-corrected chi connectivity index (χ2v) is 10.3. The van der Waals surface area contributed by atoms with Crippen LogP contribution in [0.5, 0.6) is 0 Å². The first-order chi connectivity index (χ1) is 17.2. The van der Waals surface area contributed by atoms with E-state index in [2.05, 4.69) is 35.0 Å². The van der Waals surface area contributed by atoms with Gasteiger partial charge < -0.3 is 14.9 Å². The van der Waals surface area contributed by atoms with Gasteiger partial charge in [0.1, 0.15) is 0 Å². The lowest BCUT2D eigenvalue weighted by molar-refractivity contribution is 0.0655. The summed E-state index contributed by atoms with van der Waals surface area (Å²) < 4.78 is 0. The highest BCUT2D eigenvalue weighted by Crippen LogP contribution is 2.31. The molecule has 0 bridgehead atoms. The van der Waals surface area contributed by atoms with Gasteiger partial charge in [0.25, 0.3) is 11.8 Å². The van der Waals surface area contributed by atoms with Crippen LogP contribution in [-0.4, -0.2) is 66.5 Å². The highest BCUT2D eigenvalue weighted by atomic mass is 16.3. The number of para-hydroxylation sites is 1. The lowest BCUT2D eigenvalue weighted by Crippen LogP contribution is -2.44. The predicted molar refractivity (Wildman–Crippen MR) is 142 cm³/mol. The molecule has 0 unspecified atom stereocenters. The molecule has 0 aliphatic carbocycles. The van der Waals surface area contributed by atoms with Crippen molar-refractivity contribution < 1.29 is 14.7 Å². The molecule has 1 fully saturated rings. The van der Waals surface area contributed by atoms with Gasteiger partial charge in [0.15, 0.2) is 0 Å². The van der Waals surface area contributed by atoms with Crippen molar-refractivity contribution in [3.63, 3.8) is 0 Å². The zero-order valence-electron chi connectivity index (χ0n) is 21.2. The van der Waals surface area contributed by atoms with Crippen molar-refractivity contribution in [2.24, 2.45) is 0 Å². The summed E-state index contributed by atoms with van der Waals surface area (Å²) in [4.78, 5) is 32.5. The lowest BCUT2D eigenvalue weighted by atomic mass is 9.94. The van der Waals surface area contributed by atoms with E-state index in [-0.39, 0.29) is 11.8 Å². The minimum absolute atomic E-state index is 0.226. The number of benzene rings is 3. The van der Waals surface area contributed by atoms with Crippen LogP contribution in [0.2, 0.25) is 0 Å². The highest BCUT2D eigenvalue weighted by molar-refractivity contribution is 6.21. The van der Waals surface area contributed by atoms with Gasteiger partial charge in [0.2, 0.25) is 0 Å². The Bertz CT molecular complexity index is 1290. The van der Waals surface area contributed by atoms with Crippen LogP contribution in [0.4, 0.5) is 5.69 Å². The van der Waals surface area contributed by atoms with Crippen LogP contribution in [0.25, 0.3) is 11.1 Å². The number of anilines is 1. The number of rotatable bonds is 6. The largest absolute Gasteiger partial charge is 0.386 e. The summed E-state index contributed by atoms with van der Waals surface area (Å²) in [6.45, 7) is 7.84. The molecule has 6 nitrogen and oxygen atoms in total. The van der Waals surface area contributed by atoms with Gasteiger partial charge in [-0.3, -0.25) is 14.5 Å². The van der Waals surface area contributed by atoms with Crippen LogP contribution in [-0.2, 0) is 12.0 Å². The summed E-state index contributed by atoms with van der Waals surface area (Å²) in [5, 5.41) is 10.2. The standard InChI is InChI=1S/C30H33N3O3/c1-30(2,36)24-11-8-21(9-12-24)23-10-13-25-26(20-23)29(35)33(28(25)34)15-14-22-6-4-5-7-27(22)32-18-16-31(3)17-19-32/h4-13,20,36H,14-19H2,1-3H3. The minimum atomic E-state index is -0.914. The summed E-state index contributed by atoms with van der Waals surface area (Å²) in [5.74, 6) is -0.460. The fourth-order valence-corrected chi connectivity index (χ4v) is 5.05. The van der Waals surface area contributed by atoms with E-state index < -0.39 is 5.60 Å². The molecule has 2 amide bonds. The van der Waals surface area contributed by atoms with Crippen molar-refractivity contribution in [3.05, 3.63) is 89.0 Å². The maximum atomic E-state index is 13.3. The van der Waals surface area contributed by atoms with Crippen LogP contribution < -0.4 is 4.90 Å². The molecular weight excluding hydrogens is 450 g/mol. The fraction of sp³-hybridized carbons (Fsp3) is 0.333. The second-order valence-electron chi connectivity index (χ2n) is 10.3. The molecule has 0 radical (unpaired) electrons. The van der Waals surface area contributed by atoms with Crippen LogP contribution >= 0.6 is 0 Å². The van der Waals surface area contributed by atoms with Crippen molar-refractivity contribution in [1.82, 2.24) is 9.80 Å². The number of carbonyl (C=O) groups is 2. The summed E-state index contributed by atoms with van der Waals surface area (Å²) >= 11 is 0. The first-order valence-electron chi connectivity index (χ1n) is 12.6. The van der Waals surface area contributed by atoms with E-state index in [0.29, 0.717) is 24.1 Å². The molecule has 3 aromatic rings. The molecule has 0 atom stereocenters. The number of amides is 2. The van der Waals surface area contributed by atoms with E-state index in [1.54, 1.807) is 19.9 Å². The molecule has 186 valence electrons. The first-order valence-corrected chi connectivity index (χ1v) is 12.6. The van der Waals surface area contributed by atoms with Crippen molar-refractivity contribution >= 4 is 17.5 Å². The smallest absolute Gasteiger partial charge is 0.261 e. The van der Waals surface area contributed by atoms with Gasteiger partial charge in [-0.2, -0.15) is 0 Å². The van der Waals surface area contributed by atoms with E-state index in [4.69, 9.17) is 0 Å². The summed E-state index contributed by atoms with van der Waals surface area (Å²) in [6.07, 6.45) is 0.624. The number of likely N-dealkylation sites (N-methyl/N-ethyl adjacent to an activating group) is 1. The normalized spacial score (nSPS) is 16.6. The Kier molecular flexibility index (Phi) is 6.41. The van der Waals surface area contributed by atoms with Crippen LogP contribution in [0, 0.1) is 0 Å². The Morgan fingerprint density at radius 2 is 1.44 bits per heavy atom. The van der Waals surface area contributed by atoms with Gasteiger partial charge in [-0.25, -0.2) is 0 Å². The molecule has 36 heavy (non-hydrogen) atoms. The number of imide groups is 1. The van der Waals surface area contributed by atoms with Gasteiger partial charge >= 0.3 is 0 Å². The van der Waals surface area contributed by atoms with Crippen LogP contribution in [0.1, 0.15) is 45.7 Å². The molecule has 5 rings (SSSR count). The third-order valence-corrected chi connectivity index (χ3v) is 7.34. The van der Waals surface area contributed by atoms with E-state index in [1.165, 1.54) is 10.6 Å². The summed E-state index contributed by atoms with van der Waals surface area (Å²) in [7, 11) is 2.14. The summed E-state index contributed by atoms with van der Waals surface area (Å²) in [6, 6.07) is 21.4. The lowest BCUT2D eigenvalue weighted by Gasteiger charge is -2.35. The van der Waals surface area contributed by atoms with Gasteiger partial charge in [-0.15, -0.1) is 0 Å². The molecule has 2 aliphatic heterocycles. The number of nitrogens with zero attached hydrogens (tertiary/aromatic N) is 3. The minimum Gasteiger partial charge on any atom is -0.386 e. The summed E-state index contributed by atoms with van der Waals surface area (Å²) in [5.41, 5.74) is 4.99.